The second-order valence-electron chi connectivity index (χ2n) is 4.99. The molecule has 3 N–H and O–H groups in total. The summed E-state index contributed by atoms with van der Waals surface area (Å²) in [6, 6.07) is 13.3. The lowest BCUT2D eigenvalue weighted by atomic mass is 9.98. The number of hydrogen-bond donors (Lipinski definition) is 2. The third-order valence-corrected chi connectivity index (χ3v) is 3.81. The summed E-state index contributed by atoms with van der Waals surface area (Å²) in [5, 5.41) is 0. The van der Waals surface area contributed by atoms with Gasteiger partial charge in [0.2, 0.25) is 0 Å². The number of nitrogens with two attached hydrogens (primary N) is 1. The van der Waals surface area contributed by atoms with Crippen molar-refractivity contribution in [2.24, 2.45) is 5.84 Å². The topological polar surface area (TPSA) is 38.0 Å². The fraction of sp³-hybridized carbons (Fsp3) is 0.250. The zero-order valence-corrected chi connectivity index (χ0v) is 13.0. The molecule has 0 aliphatic heterocycles. The van der Waals surface area contributed by atoms with Gasteiger partial charge in [0.15, 0.2) is 0 Å². The van der Waals surface area contributed by atoms with Crippen LogP contribution in [-0.2, 0) is 12.8 Å². The van der Waals surface area contributed by atoms with Crippen molar-refractivity contribution in [3.63, 3.8) is 0 Å². The molecule has 0 saturated carbocycles. The summed E-state index contributed by atoms with van der Waals surface area (Å²) in [6.07, 6.45) is 1.32. The normalized spacial score (nSPS) is 12.4. The Kier molecular flexibility index (Phi) is 5.29. The molecule has 106 valence electrons. The second kappa shape index (κ2) is 6.97. The van der Waals surface area contributed by atoms with Gasteiger partial charge in [-0.1, -0.05) is 45.8 Å². The lowest BCUT2D eigenvalue weighted by Gasteiger charge is -2.17. The maximum atomic E-state index is 13.8. The molecule has 1 atom stereocenters. The van der Waals surface area contributed by atoms with E-state index in [1.165, 1.54) is 17.2 Å². The Bertz CT molecular complexity index is 569. The van der Waals surface area contributed by atoms with Gasteiger partial charge in [-0.05, 0) is 49.1 Å². The Balaban J connectivity index is 2.08. The molecule has 2 aromatic carbocycles. The van der Waals surface area contributed by atoms with Gasteiger partial charge in [-0.25, -0.2) is 4.39 Å². The van der Waals surface area contributed by atoms with Gasteiger partial charge in [0.1, 0.15) is 5.82 Å². The van der Waals surface area contributed by atoms with Crippen LogP contribution in [0, 0.1) is 12.7 Å². The molecular formula is C16H18BrFN2. The minimum atomic E-state index is -0.197. The van der Waals surface area contributed by atoms with Gasteiger partial charge in [-0.15, -0.1) is 0 Å². The van der Waals surface area contributed by atoms with Crippen molar-refractivity contribution in [2.75, 3.05) is 0 Å². The fourth-order valence-corrected chi connectivity index (χ4v) is 2.57. The van der Waals surface area contributed by atoms with Crippen LogP contribution in [0.4, 0.5) is 4.39 Å². The Labute approximate surface area is 127 Å². The molecule has 0 amide bonds. The van der Waals surface area contributed by atoms with Gasteiger partial charge in [0.25, 0.3) is 0 Å². The van der Waals surface area contributed by atoms with Crippen LogP contribution in [0.15, 0.2) is 46.9 Å². The molecule has 0 aromatic heterocycles. The van der Waals surface area contributed by atoms with Gasteiger partial charge < -0.3 is 0 Å². The van der Waals surface area contributed by atoms with Crippen molar-refractivity contribution in [3.05, 3.63) is 69.4 Å². The molecule has 0 bridgehead atoms. The number of aryl methyl sites for hydroxylation is 1. The maximum Gasteiger partial charge on any atom is 0.126 e. The van der Waals surface area contributed by atoms with E-state index in [1.54, 1.807) is 12.1 Å². The highest BCUT2D eigenvalue weighted by Crippen LogP contribution is 2.18. The van der Waals surface area contributed by atoms with Crippen molar-refractivity contribution < 1.29 is 4.39 Å². The molecule has 0 saturated heterocycles. The summed E-state index contributed by atoms with van der Waals surface area (Å²) in [5.41, 5.74) is 5.85. The molecule has 20 heavy (non-hydrogen) atoms. The van der Waals surface area contributed by atoms with Crippen LogP contribution < -0.4 is 11.3 Å². The number of benzene rings is 2. The first-order valence-corrected chi connectivity index (χ1v) is 7.33. The minimum absolute atomic E-state index is 0.00139. The monoisotopic (exact) mass is 336 g/mol. The van der Waals surface area contributed by atoms with Crippen LogP contribution >= 0.6 is 15.9 Å². The minimum Gasteiger partial charge on any atom is -0.271 e. The molecule has 4 heteroatoms. The van der Waals surface area contributed by atoms with Crippen LogP contribution in [0.2, 0.25) is 0 Å². The molecule has 0 spiro atoms. The number of rotatable bonds is 5. The van der Waals surface area contributed by atoms with Crippen LogP contribution in [0.3, 0.4) is 0 Å². The first-order chi connectivity index (χ1) is 9.58. The van der Waals surface area contributed by atoms with E-state index in [0.29, 0.717) is 12.0 Å². The predicted molar refractivity (Wildman–Crippen MR) is 83.8 cm³/mol. The third kappa shape index (κ3) is 4.13. The van der Waals surface area contributed by atoms with E-state index in [2.05, 4.69) is 52.5 Å². The molecule has 0 fully saturated rings. The van der Waals surface area contributed by atoms with Crippen molar-refractivity contribution in [2.45, 2.75) is 25.8 Å². The lowest BCUT2D eigenvalue weighted by Crippen LogP contribution is -2.38. The SMILES string of the molecule is Cc1ccc(CC(Cc2cc(Br)ccc2F)NN)cc1. The Morgan fingerprint density at radius 1 is 1.15 bits per heavy atom. The molecule has 2 nitrogen and oxygen atoms in total. The molecule has 2 aromatic rings. The van der Waals surface area contributed by atoms with Crippen LogP contribution in [0.5, 0.6) is 0 Å². The van der Waals surface area contributed by atoms with Gasteiger partial charge >= 0.3 is 0 Å². The quantitative estimate of drug-likeness (QED) is 0.647. The maximum absolute atomic E-state index is 13.8. The highest BCUT2D eigenvalue weighted by Gasteiger charge is 2.12. The van der Waals surface area contributed by atoms with E-state index in [4.69, 9.17) is 5.84 Å². The Hall–Kier alpha value is -1.23. The van der Waals surface area contributed by atoms with Gasteiger partial charge in [-0.3, -0.25) is 11.3 Å². The lowest BCUT2D eigenvalue weighted by molar-refractivity contribution is 0.506. The van der Waals surface area contributed by atoms with Gasteiger partial charge in [0, 0.05) is 10.5 Å². The van der Waals surface area contributed by atoms with Crippen LogP contribution in [0.1, 0.15) is 16.7 Å². The highest BCUT2D eigenvalue weighted by atomic mass is 79.9. The summed E-state index contributed by atoms with van der Waals surface area (Å²) in [5.74, 6) is 5.41. The predicted octanol–water partition coefficient (Wildman–Crippen LogP) is 3.51. The number of nitrogens with one attached hydrogen (secondary N) is 1. The molecule has 0 aliphatic rings. The summed E-state index contributed by atoms with van der Waals surface area (Å²) in [4.78, 5) is 0. The molecule has 0 heterocycles. The van der Waals surface area contributed by atoms with Crippen molar-refractivity contribution in [3.8, 4) is 0 Å². The van der Waals surface area contributed by atoms with E-state index in [9.17, 15) is 4.39 Å². The molecule has 2 rings (SSSR count). The summed E-state index contributed by atoms with van der Waals surface area (Å²) in [7, 11) is 0. The first-order valence-electron chi connectivity index (χ1n) is 6.54. The van der Waals surface area contributed by atoms with E-state index in [-0.39, 0.29) is 11.9 Å². The number of hydrazine groups is 1. The molecule has 0 aliphatic carbocycles. The fourth-order valence-electron chi connectivity index (χ4n) is 2.16. The zero-order valence-electron chi connectivity index (χ0n) is 11.4. The zero-order chi connectivity index (χ0) is 14.5. The Morgan fingerprint density at radius 3 is 2.50 bits per heavy atom. The average molecular weight is 337 g/mol. The van der Waals surface area contributed by atoms with Gasteiger partial charge in [0.05, 0.1) is 0 Å². The van der Waals surface area contributed by atoms with E-state index in [0.717, 1.165) is 10.9 Å². The standard InChI is InChI=1S/C16H18BrFN2/c1-11-2-4-12(5-3-11)8-15(20-19)10-13-9-14(17)6-7-16(13)18/h2-7,9,15,20H,8,10,19H2,1H3. The molecular weight excluding hydrogens is 319 g/mol. The third-order valence-electron chi connectivity index (χ3n) is 3.31. The van der Waals surface area contributed by atoms with E-state index < -0.39 is 0 Å². The molecule has 1 unspecified atom stereocenters. The largest absolute Gasteiger partial charge is 0.271 e. The summed E-state index contributed by atoms with van der Waals surface area (Å²) < 4.78 is 14.6. The Morgan fingerprint density at radius 2 is 1.85 bits per heavy atom. The van der Waals surface area contributed by atoms with Crippen molar-refractivity contribution in [1.82, 2.24) is 5.43 Å². The summed E-state index contributed by atoms with van der Waals surface area (Å²) >= 11 is 3.36. The highest BCUT2D eigenvalue weighted by molar-refractivity contribution is 9.10. The van der Waals surface area contributed by atoms with Crippen molar-refractivity contribution >= 4 is 15.9 Å². The number of halogens is 2. The average Bonchev–Trinajstić information content (AvgIpc) is 2.44. The summed E-state index contributed by atoms with van der Waals surface area (Å²) in [6.45, 7) is 2.05. The van der Waals surface area contributed by atoms with E-state index >= 15 is 0 Å². The van der Waals surface area contributed by atoms with E-state index in [1.807, 2.05) is 0 Å². The molecule has 0 radical (unpaired) electrons. The smallest absolute Gasteiger partial charge is 0.126 e. The van der Waals surface area contributed by atoms with Crippen molar-refractivity contribution in [1.29, 1.82) is 0 Å². The van der Waals surface area contributed by atoms with Gasteiger partial charge in [-0.2, -0.15) is 0 Å². The van der Waals surface area contributed by atoms with Crippen LogP contribution in [-0.4, -0.2) is 6.04 Å². The number of hydrogen-bond acceptors (Lipinski definition) is 2. The first kappa shape index (κ1) is 15.2. The van der Waals surface area contributed by atoms with Crippen LogP contribution in [0.25, 0.3) is 0 Å². The second-order valence-corrected chi connectivity index (χ2v) is 5.91.